The number of aryl methyl sites for hydroxylation is 1. The average Bonchev–Trinajstić information content (AvgIpc) is 2.59. The summed E-state index contributed by atoms with van der Waals surface area (Å²) in [6, 6.07) is 7.63. The van der Waals surface area contributed by atoms with Crippen molar-refractivity contribution in [3.63, 3.8) is 0 Å². The monoisotopic (exact) mass is 295 g/mol. The first-order valence-electron chi connectivity index (χ1n) is 7.61. The number of benzene rings is 1. The molecule has 2 atom stereocenters. The summed E-state index contributed by atoms with van der Waals surface area (Å²) in [5.74, 6) is 0.279. The summed E-state index contributed by atoms with van der Waals surface area (Å²) in [7, 11) is -3.10. The van der Waals surface area contributed by atoms with Crippen molar-refractivity contribution in [2.75, 3.05) is 5.75 Å². The zero-order chi connectivity index (χ0) is 14.6. The highest BCUT2D eigenvalue weighted by molar-refractivity contribution is 7.92. The maximum Gasteiger partial charge on any atom is 0.155 e. The molecule has 1 aromatic rings. The van der Waals surface area contributed by atoms with Gasteiger partial charge in [0.2, 0.25) is 0 Å². The van der Waals surface area contributed by atoms with E-state index in [9.17, 15) is 8.42 Å². The molecule has 0 radical (unpaired) electrons. The van der Waals surface area contributed by atoms with Gasteiger partial charge in [-0.25, -0.2) is 8.42 Å². The highest BCUT2D eigenvalue weighted by Crippen LogP contribution is 2.31. The minimum Gasteiger partial charge on any atom is -0.323 e. The molecule has 0 saturated heterocycles. The van der Waals surface area contributed by atoms with Crippen molar-refractivity contribution in [2.45, 2.75) is 56.7 Å². The maximum atomic E-state index is 12.6. The molecule has 0 heterocycles. The second-order valence-electron chi connectivity index (χ2n) is 5.73. The highest BCUT2D eigenvalue weighted by Gasteiger charge is 2.34. The van der Waals surface area contributed by atoms with Crippen LogP contribution < -0.4 is 5.73 Å². The first-order valence-corrected chi connectivity index (χ1v) is 9.32. The summed E-state index contributed by atoms with van der Waals surface area (Å²) in [5, 5.41) is -0.414. The summed E-state index contributed by atoms with van der Waals surface area (Å²) in [5.41, 5.74) is 8.54. The molecular weight excluding hydrogens is 270 g/mol. The minimum atomic E-state index is -3.10. The molecule has 0 spiro atoms. The van der Waals surface area contributed by atoms with Gasteiger partial charge in [0.25, 0.3) is 0 Å². The molecule has 1 aliphatic rings. The van der Waals surface area contributed by atoms with Crippen molar-refractivity contribution < 1.29 is 8.42 Å². The predicted molar refractivity (Wildman–Crippen MR) is 83.4 cm³/mol. The minimum absolute atomic E-state index is 0.279. The zero-order valence-corrected chi connectivity index (χ0v) is 13.0. The molecule has 2 N–H and O–H groups in total. The van der Waals surface area contributed by atoms with Crippen LogP contribution in [-0.4, -0.2) is 19.4 Å². The molecule has 20 heavy (non-hydrogen) atoms. The maximum absolute atomic E-state index is 12.6. The van der Waals surface area contributed by atoms with Gasteiger partial charge in [-0.3, -0.25) is 0 Å². The normalized spacial score (nSPS) is 23.1. The molecule has 2 unspecified atom stereocenters. The lowest BCUT2D eigenvalue weighted by Crippen LogP contribution is -2.34. The van der Waals surface area contributed by atoms with E-state index in [0.29, 0.717) is 6.42 Å². The SMILES string of the molecule is CCCCCS(=O)(=O)C1CCCc2ccccc2C1N. The van der Waals surface area contributed by atoms with Crippen LogP contribution in [0.3, 0.4) is 0 Å². The van der Waals surface area contributed by atoms with Gasteiger partial charge >= 0.3 is 0 Å². The van der Waals surface area contributed by atoms with Crippen molar-refractivity contribution in [1.29, 1.82) is 0 Å². The Morgan fingerprint density at radius 2 is 2.00 bits per heavy atom. The van der Waals surface area contributed by atoms with E-state index in [0.717, 1.165) is 37.7 Å². The Morgan fingerprint density at radius 1 is 1.25 bits per heavy atom. The van der Waals surface area contributed by atoms with E-state index < -0.39 is 15.1 Å². The van der Waals surface area contributed by atoms with Crippen LogP contribution in [-0.2, 0) is 16.3 Å². The number of hydrogen-bond acceptors (Lipinski definition) is 3. The largest absolute Gasteiger partial charge is 0.323 e. The second kappa shape index (κ2) is 6.72. The average molecular weight is 295 g/mol. The fourth-order valence-electron chi connectivity index (χ4n) is 3.07. The van der Waals surface area contributed by atoms with Gasteiger partial charge in [-0.2, -0.15) is 0 Å². The van der Waals surface area contributed by atoms with Gasteiger partial charge in [0.15, 0.2) is 9.84 Å². The lowest BCUT2D eigenvalue weighted by Gasteiger charge is -2.23. The van der Waals surface area contributed by atoms with Gasteiger partial charge in [0, 0.05) is 6.04 Å². The number of hydrogen-bond donors (Lipinski definition) is 1. The van der Waals surface area contributed by atoms with Gasteiger partial charge < -0.3 is 5.73 Å². The molecule has 0 aliphatic heterocycles. The zero-order valence-electron chi connectivity index (χ0n) is 12.2. The van der Waals surface area contributed by atoms with E-state index in [-0.39, 0.29) is 11.8 Å². The van der Waals surface area contributed by atoms with Gasteiger partial charge in [-0.15, -0.1) is 0 Å². The first-order chi connectivity index (χ1) is 9.56. The van der Waals surface area contributed by atoms with Crippen molar-refractivity contribution >= 4 is 9.84 Å². The number of sulfone groups is 1. The Labute approximate surface area is 122 Å². The van der Waals surface area contributed by atoms with E-state index in [1.807, 2.05) is 18.2 Å². The third-order valence-electron chi connectivity index (χ3n) is 4.24. The molecule has 4 heteroatoms. The quantitative estimate of drug-likeness (QED) is 0.671. The molecule has 1 aliphatic carbocycles. The topological polar surface area (TPSA) is 60.2 Å². The summed E-state index contributed by atoms with van der Waals surface area (Å²) in [6.07, 6.45) is 5.29. The predicted octanol–water partition coefficient (Wildman–Crippen LogP) is 3.00. The van der Waals surface area contributed by atoms with Crippen LogP contribution in [0.25, 0.3) is 0 Å². The highest BCUT2D eigenvalue weighted by atomic mass is 32.2. The van der Waals surface area contributed by atoms with Crippen LogP contribution in [0.5, 0.6) is 0 Å². The smallest absolute Gasteiger partial charge is 0.155 e. The van der Waals surface area contributed by atoms with Crippen LogP contribution in [0.1, 0.15) is 56.2 Å². The number of nitrogens with two attached hydrogens (primary N) is 1. The number of fused-ring (bicyclic) bond motifs is 1. The van der Waals surface area contributed by atoms with E-state index in [1.165, 1.54) is 5.56 Å². The standard InChI is InChI=1S/C16H25NO2S/c1-2-3-6-12-20(18,19)15-11-7-9-13-8-4-5-10-14(13)16(15)17/h4-5,8,10,15-16H,2-3,6-7,9,11-12,17H2,1H3. The van der Waals surface area contributed by atoms with Crippen molar-refractivity contribution in [1.82, 2.24) is 0 Å². The van der Waals surface area contributed by atoms with Crippen LogP contribution in [0.2, 0.25) is 0 Å². The molecule has 0 bridgehead atoms. The fourth-order valence-corrected chi connectivity index (χ4v) is 5.10. The molecule has 3 nitrogen and oxygen atoms in total. The van der Waals surface area contributed by atoms with E-state index in [1.54, 1.807) is 0 Å². The first kappa shape index (κ1) is 15.5. The van der Waals surface area contributed by atoms with E-state index >= 15 is 0 Å². The molecule has 2 rings (SSSR count). The Bertz CT molecular complexity index is 539. The van der Waals surface area contributed by atoms with Crippen molar-refractivity contribution in [2.24, 2.45) is 5.73 Å². The van der Waals surface area contributed by atoms with Crippen molar-refractivity contribution in [3.05, 3.63) is 35.4 Å². The Morgan fingerprint density at radius 3 is 2.75 bits per heavy atom. The second-order valence-corrected chi connectivity index (χ2v) is 8.07. The molecule has 0 saturated carbocycles. The number of rotatable bonds is 5. The third kappa shape index (κ3) is 3.41. The molecule has 112 valence electrons. The van der Waals surface area contributed by atoms with Gasteiger partial charge in [-0.1, -0.05) is 44.0 Å². The molecule has 0 amide bonds. The Balaban J connectivity index is 2.20. The fraction of sp³-hybridized carbons (Fsp3) is 0.625. The van der Waals surface area contributed by atoms with Gasteiger partial charge in [0.05, 0.1) is 11.0 Å². The van der Waals surface area contributed by atoms with E-state index in [2.05, 4.69) is 13.0 Å². The molecule has 0 aromatic heterocycles. The molecule has 1 aromatic carbocycles. The van der Waals surface area contributed by atoms with Crippen LogP contribution in [0.15, 0.2) is 24.3 Å². The van der Waals surface area contributed by atoms with Crippen LogP contribution >= 0.6 is 0 Å². The van der Waals surface area contributed by atoms with Gasteiger partial charge in [-0.05, 0) is 36.8 Å². The van der Waals surface area contributed by atoms with E-state index in [4.69, 9.17) is 5.73 Å². The van der Waals surface area contributed by atoms with Gasteiger partial charge in [0.1, 0.15) is 0 Å². The Hall–Kier alpha value is -0.870. The number of unbranched alkanes of at least 4 members (excludes halogenated alkanes) is 2. The van der Waals surface area contributed by atoms with Crippen LogP contribution in [0, 0.1) is 0 Å². The summed E-state index contributed by atoms with van der Waals surface area (Å²) in [6.45, 7) is 2.08. The third-order valence-corrected chi connectivity index (χ3v) is 6.55. The van der Waals surface area contributed by atoms with Crippen molar-refractivity contribution in [3.8, 4) is 0 Å². The lowest BCUT2D eigenvalue weighted by molar-refractivity contribution is 0.537. The summed E-state index contributed by atoms with van der Waals surface area (Å²) < 4.78 is 25.1. The van der Waals surface area contributed by atoms with Crippen LogP contribution in [0.4, 0.5) is 0 Å². The summed E-state index contributed by atoms with van der Waals surface area (Å²) in [4.78, 5) is 0. The Kier molecular flexibility index (Phi) is 5.22. The lowest BCUT2D eigenvalue weighted by atomic mass is 10.00. The molecular formula is C16H25NO2S. The molecule has 0 fully saturated rings. The summed E-state index contributed by atoms with van der Waals surface area (Å²) >= 11 is 0.